The minimum Gasteiger partial charge on any atom is -0.497 e. The number of carbonyl (C=O) groups is 1. The molecule has 0 saturated carbocycles. The van der Waals surface area contributed by atoms with Crippen molar-refractivity contribution in [3.8, 4) is 5.75 Å². The van der Waals surface area contributed by atoms with Gasteiger partial charge < -0.3 is 10.1 Å². The van der Waals surface area contributed by atoms with Crippen LogP contribution in [0.2, 0.25) is 0 Å². The van der Waals surface area contributed by atoms with Crippen molar-refractivity contribution in [3.05, 3.63) is 59.7 Å². The number of benzene rings is 2. The molecule has 7 heteroatoms. The monoisotopic (exact) mass is 404 g/mol. The lowest BCUT2D eigenvalue weighted by Gasteiger charge is -2.30. The fourth-order valence-electron chi connectivity index (χ4n) is 3.05. The van der Waals surface area contributed by atoms with E-state index in [2.05, 4.69) is 5.32 Å². The van der Waals surface area contributed by atoms with E-state index < -0.39 is 16.1 Å². The van der Waals surface area contributed by atoms with Gasteiger partial charge >= 0.3 is 0 Å². The van der Waals surface area contributed by atoms with Crippen LogP contribution in [0.15, 0.2) is 48.5 Å². The van der Waals surface area contributed by atoms with Gasteiger partial charge in [-0.25, -0.2) is 8.42 Å². The molecule has 0 bridgehead atoms. The number of sulfonamides is 1. The third-order valence-corrected chi connectivity index (χ3v) is 5.86. The van der Waals surface area contributed by atoms with Crippen LogP contribution >= 0.6 is 0 Å². The third kappa shape index (κ3) is 5.25. The summed E-state index contributed by atoms with van der Waals surface area (Å²) in [6.45, 7) is 5.57. The van der Waals surface area contributed by atoms with Crippen LogP contribution in [-0.2, 0) is 14.8 Å². The quantitative estimate of drug-likeness (QED) is 0.731. The van der Waals surface area contributed by atoms with Gasteiger partial charge in [-0.15, -0.1) is 0 Å². The van der Waals surface area contributed by atoms with Gasteiger partial charge in [-0.2, -0.15) is 0 Å². The summed E-state index contributed by atoms with van der Waals surface area (Å²) < 4.78 is 31.1. The lowest BCUT2D eigenvalue weighted by atomic mass is 10.0. The molecule has 2 atom stereocenters. The Kier molecular flexibility index (Phi) is 7.07. The number of ether oxygens (including phenoxy) is 1. The molecule has 0 aliphatic heterocycles. The van der Waals surface area contributed by atoms with Crippen molar-refractivity contribution in [1.82, 2.24) is 5.32 Å². The van der Waals surface area contributed by atoms with Crippen molar-refractivity contribution in [2.24, 2.45) is 0 Å². The van der Waals surface area contributed by atoms with E-state index in [0.29, 0.717) is 17.9 Å². The molecular formula is C21H28N2O4S. The van der Waals surface area contributed by atoms with E-state index in [1.54, 1.807) is 31.2 Å². The number of rotatable bonds is 8. The molecule has 0 aromatic heterocycles. The largest absolute Gasteiger partial charge is 0.497 e. The van der Waals surface area contributed by atoms with Gasteiger partial charge in [-0.05, 0) is 50.1 Å². The second-order valence-electron chi connectivity index (χ2n) is 6.81. The summed E-state index contributed by atoms with van der Waals surface area (Å²) in [7, 11) is -2.13. The van der Waals surface area contributed by atoms with Gasteiger partial charge in [-0.3, -0.25) is 9.10 Å². The molecule has 1 amide bonds. The first-order valence-electron chi connectivity index (χ1n) is 9.17. The zero-order valence-corrected chi connectivity index (χ0v) is 17.8. The lowest BCUT2D eigenvalue weighted by molar-refractivity contribution is -0.122. The van der Waals surface area contributed by atoms with Gasteiger partial charge in [0.1, 0.15) is 11.8 Å². The first kappa shape index (κ1) is 21.8. The highest BCUT2D eigenvalue weighted by Gasteiger charge is 2.30. The summed E-state index contributed by atoms with van der Waals surface area (Å²) in [6.07, 6.45) is 1.79. The first-order valence-corrected chi connectivity index (χ1v) is 11.0. The summed E-state index contributed by atoms with van der Waals surface area (Å²) in [5, 5.41) is 2.98. The molecule has 6 nitrogen and oxygen atoms in total. The van der Waals surface area contributed by atoms with Gasteiger partial charge in [0, 0.05) is 0 Å². The topological polar surface area (TPSA) is 75.7 Å². The van der Waals surface area contributed by atoms with Crippen molar-refractivity contribution >= 4 is 21.6 Å². The van der Waals surface area contributed by atoms with E-state index in [4.69, 9.17) is 4.74 Å². The Balaban J connectivity index is 2.26. The highest BCUT2D eigenvalue weighted by Crippen LogP contribution is 2.25. The molecule has 0 heterocycles. The normalized spacial score (nSPS) is 13.5. The first-order chi connectivity index (χ1) is 13.2. The van der Waals surface area contributed by atoms with Gasteiger partial charge in [0.05, 0.1) is 25.1 Å². The average molecular weight is 405 g/mol. The van der Waals surface area contributed by atoms with Crippen molar-refractivity contribution in [1.29, 1.82) is 0 Å². The number of hydrogen-bond acceptors (Lipinski definition) is 4. The molecule has 0 spiro atoms. The summed E-state index contributed by atoms with van der Waals surface area (Å²) >= 11 is 0. The number of hydrogen-bond donors (Lipinski definition) is 1. The Morgan fingerprint density at radius 1 is 1.11 bits per heavy atom. The van der Waals surface area contributed by atoms with E-state index in [1.807, 2.05) is 38.1 Å². The maximum absolute atomic E-state index is 12.9. The van der Waals surface area contributed by atoms with Crippen LogP contribution in [0.4, 0.5) is 5.69 Å². The molecule has 2 rings (SSSR count). The standard InChI is InChI=1S/C21H28N2O4S/c1-6-20(17-9-7-15(2)8-10-17)22-21(24)16(3)23(28(5,25)26)18-11-13-19(27-4)14-12-18/h7-14,16,20H,6H2,1-5H3,(H,22,24)/t16-,20-/m0/s1. The van der Waals surface area contributed by atoms with Crippen molar-refractivity contribution < 1.29 is 17.9 Å². The third-order valence-electron chi connectivity index (χ3n) is 4.62. The number of nitrogens with one attached hydrogen (secondary N) is 1. The van der Waals surface area contributed by atoms with Crippen LogP contribution in [0.5, 0.6) is 5.75 Å². The Morgan fingerprint density at radius 2 is 1.68 bits per heavy atom. The number of amides is 1. The molecule has 0 aliphatic rings. The number of anilines is 1. The number of methoxy groups -OCH3 is 1. The molecule has 0 fully saturated rings. The lowest BCUT2D eigenvalue weighted by Crippen LogP contribution is -2.48. The fourth-order valence-corrected chi connectivity index (χ4v) is 4.22. The van der Waals surface area contributed by atoms with Crippen LogP contribution in [0.1, 0.15) is 37.4 Å². The highest BCUT2D eigenvalue weighted by atomic mass is 32.2. The highest BCUT2D eigenvalue weighted by molar-refractivity contribution is 7.92. The predicted molar refractivity (Wildman–Crippen MR) is 112 cm³/mol. The predicted octanol–water partition coefficient (Wildman–Crippen LogP) is 3.43. The zero-order valence-electron chi connectivity index (χ0n) is 17.0. The second kappa shape index (κ2) is 9.10. The summed E-state index contributed by atoms with van der Waals surface area (Å²) in [5.41, 5.74) is 2.54. The molecule has 0 aliphatic carbocycles. The van der Waals surface area contributed by atoms with Gasteiger partial charge in [0.2, 0.25) is 15.9 Å². The SMILES string of the molecule is CC[C@H](NC(=O)[C@H](C)N(c1ccc(OC)cc1)S(C)(=O)=O)c1ccc(C)cc1. The molecule has 152 valence electrons. The van der Waals surface area contributed by atoms with Crippen LogP contribution in [0.25, 0.3) is 0 Å². The van der Waals surface area contributed by atoms with Crippen LogP contribution in [-0.4, -0.2) is 33.7 Å². The van der Waals surface area contributed by atoms with Crippen molar-refractivity contribution in [2.75, 3.05) is 17.7 Å². The molecule has 0 unspecified atom stereocenters. The Hall–Kier alpha value is -2.54. The molecule has 0 radical (unpaired) electrons. The Morgan fingerprint density at radius 3 is 2.14 bits per heavy atom. The Labute approximate surface area is 167 Å². The van der Waals surface area contributed by atoms with E-state index in [9.17, 15) is 13.2 Å². The summed E-state index contributed by atoms with van der Waals surface area (Å²) in [6, 6.07) is 13.4. The van der Waals surface area contributed by atoms with Gasteiger partial charge in [0.15, 0.2) is 0 Å². The van der Waals surface area contributed by atoms with Crippen LogP contribution in [0, 0.1) is 6.92 Å². The van der Waals surface area contributed by atoms with E-state index in [0.717, 1.165) is 21.7 Å². The number of nitrogens with zero attached hydrogens (tertiary/aromatic N) is 1. The average Bonchev–Trinajstić information content (AvgIpc) is 2.66. The molecule has 1 N–H and O–H groups in total. The second-order valence-corrected chi connectivity index (χ2v) is 8.67. The van der Waals surface area contributed by atoms with E-state index in [1.165, 1.54) is 7.11 Å². The molecule has 28 heavy (non-hydrogen) atoms. The van der Waals surface area contributed by atoms with Crippen LogP contribution < -0.4 is 14.4 Å². The van der Waals surface area contributed by atoms with Gasteiger partial charge in [0.25, 0.3) is 0 Å². The number of aryl methyl sites for hydroxylation is 1. The number of carbonyl (C=O) groups excluding carboxylic acids is 1. The molecule has 2 aromatic rings. The maximum atomic E-state index is 12.9. The molecule has 2 aromatic carbocycles. The minimum absolute atomic E-state index is 0.187. The van der Waals surface area contributed by atoms with E-state index in [-0.39, 0.29) is 11.9 Å². The van der Waals surface area contributed by atoms with Gasteiger partial charge in [-0.1, -0.05) is 36.8 Å². The summed E-state index contributed by atoms with van der Waals surface area (Å²) in [4.78, 5) is 12.9. The zero-order chi connectivity index (χ0) is 20.9. The summed E-state index contributed by atoms with van der Waals surface area (Å²) in [5.74, 6) is 0.258. The maximum Gasteiger partial charge on any atom is 0.244 e. The fraction of sp³-hybridized carbons (Fsp3) is 0.381. The van der Waals surface area contributed by atoms with Crippen LogP contribution in [0.3, 0.4) is 0 Å². The Bertz CT molecular complexity index is 893. The minimum atomic E-state index is -3.66. The van der Waals surface area contributed by atoms with Crippen molar-refractivity contribution in [2.45, 2.75) is 39.3 Å². The smallest absolute Gasteiger partial charge is 0.244 e. The van der Waals surface area contributed by atoms with E-state index >= 15 is 0 Å². The van der Waals surface area contributed by atoms with Crippen molar-refractivity contribution in [3.63, 3.8) is 0 Å². The molecule has 0 saturated heterocycles. The molecular weight excluding hydrogens is 376 g/mol.